The minimum absolute atomic E-state index is 0.303. The van der Waals surface area contributed by atoms with Crippen LogP contribution in [0, 0.1) is 0 Å². The van der Waals surface area contributed by atoms with Gasteiger partial charge in [0.1, 0.15) is 0 Å². The Morgan fingerprint density at radius 3 is 0.899 bits per heavy atom. The van der Waals surface area contributed by atoms with Crippen molar-refractivity contribution in [1.82, 2.24) is 9.13 Å². The van der Waals surface area contributed by atoms with Crippen molar-refractivity contribution in [2.75, 3.05) is 9.80 Å². The fourth-order valence-electron chi connectivity index (χ4n) is 20.3. The van der Waals surface area contributed by atoms with Crippen molar-refractivity contribution in [3.05, 3.63) is 418 Å². The maximum atomic E-state index is 2.75. The lowest BCUT2D eigenvalue weighted by molar-refractivity contribution is 0.590. The zero-order valence-electron chi connectivity index (χ0n) is 66.1. The first kappa shape index (κ1) is 68.4. The monoisotopic (exact) mass is 1510 g/mol. The minimum Gasteiger partial charge on any atom is -0.310 e. The van der Waals surface area contributed by atoms with Gasteiger partial charge in [-0.2, -0.15) is 0 Å². The molecule has 4 heterocycles. The molecular weight excluding hydrogens is 1440 g/mol. The largest absolute Gasteiger partial charge is 0.310 e. The molecule has 22 aromatic rings. The second-order valence-electron chi connectivity index (χ2n) is 33.4. The van der Waals surface area contributed by atoms with Gasteiger partial charge in [0.15, 0.2) is 0 Å². The second kappa shape index (κ2) is 26.8. The molecule has 0 N–H and O–H groups in total. The normalized spacial score (nSPS) is 12.6. The van der Waals surface area contributed by atoms with Gasteiger partial charge in [-0.25, -0.2) is 0 Å². The van der Waals surface area contributed by atoms with Gasteiger partial charge in [-0.3, -0.25) is 0 Å². The number of nitrogens with zero attached hydrogens (tertiary/aromatic N) is 4. The number of hydrogen-bond acceptors (Lipinski definition) is 2. The summed E-state index contributed by atoms with van der Waals surface area (Å²) in [6.07, 6.45) is 0. The van der Waals surface area contributed by atoms with Crippen molar-refractivity contribution in [2.45, 2.75) is 26.2 Å². The molecule has 0 saturated heterocycles. The van der Waals surface area contributed by atoms with Crippen molar-refractivity contribution < 1.29 is 0 Å². The van der Waals surface area contributed by atoms with Crippen LogP contribution in [0.1, 0.15) is 26.3 Å². The SMILES string of the molecule is CC(C)(C)c1cc2c3c(c1)N(c1c(-c4cccc(-c5ccccc5)c4)cccc1-c1cccc(-c4ccccc4)c1)c1cc(-n4c5ccc6cccc7c8cccc9ccc4c(c98)c5c67)ccc1B3c1ccc(-n3c4ccccc4c4ccccc43)cc1N2c1c(-c2cccc(-c3ccccc3)c2)cccc1-c1cccc(-c2ccccc2)c1. The number of benzene rings is 20. The zero-order chi connectivity index (χ0) is 78.7. The lowest BCUT2D eigenvalue weighted by atomic mass is 9.33. The third-order valence-electron chi connectivity index (χ3n) is 25.7. The van der Waals surface area contributed by atoms with Crippen LogP contribution in [0.2, 0.25) is 0 Å². The molecule has 5 heteroatoms. The molecule has 0 aliphatic carbocycles. The molecule has 4 nitrogen and oxygen atoms in total. The van der Waals surface area contributed by atoms with Gasteiger partial charge in [0, 0.05) is 77.9 Å². The van der Waals surface area contributed by atoms with Crippen LogP contribution in [-0.2, 0) is 5.41 Å². The Morgan fingerprint density at radius 2 is 0.529 bits per heavy atom. The van der Waals surface area contributed by atoms with Gasteiger partial charge >= 0.3 is 0 Å². The van der Waals surface area contributed by atoms with E-state index >= 15 is 0 Å². The summed E-state index contributed by atoms with van der Waals surface area (Å²) in [5, 5.41) is 12.7. The second-order valence-corrected chi connectivity index (χ2v) is 33.4. The molecule has 0 spiro atoms. The molecule has 0 radical (unpaired) electrons. The molecule has 0 unspecified atom stereocenters. The first-order chi connectivity index (χ1) is 58.7. The van der Waals surface area contributed by atoms with E-state index in [1.165, 1.54) is 109 Å². The van der Waals surface area contributed by atoms with Crippen LogP contribution in [0.3, 0.4) is 0 Å². The van der Waals surface area contributed by atoms with Crippen molar-refractivity contribution in [3.8, 4) is 100 Å². The van der Waals surface area contributed by atoms with Crippen molar-refractivity contribution in [2.24, 2.45) is 0 Å². The highest BCUT2D eigenvalue weighted by molar-refractivity contribution is 7.00. The number of fused-ring (bicyclic) bond motifs is 8. The van der Waals surface area contributed by atoms with Crippen molar-refractivity contribution >= 4 is 133 Å². The topological polar surface area (TPSA) is 16.3 Å². The summed E-state index contributed by atoms with van der Waals surface area (Å²) < 4.78 is 5.11. The highest BCUT2D eigenvalue weighted by atomic mass is 15.2. The van der Waals surface area contributed by atoms with E-state index in [1.807, 2.05) is 0 Å². The summed E-state index contributed by atoms with van der Waals surface area (Å²) >= 11 is 0. The van der Waals surface area contributed by atoms with E-state index in [1.54, 1.807) is 0 Å². The number of para-hydroxylation sites is 4. The van der Waals surface area contributed by atoms with Crippen LogP contribution in [0.15, 0.2) is 413 Å². The maximum Gasteiger partial charge on any atom is 0.252 e. The van der Waals surface area contributed by atoms with Crippen LogP contribution in [0.25, 0.3) is 176 Å². The highest BCUT2D eigenvalue weighted by Crippen LogP contribution is 2.56. The molecule has 20 aromatic carbocycles. The Balaban J connectivity index is 0.859. The molecule has 24 rings (SSSR count). The molecule has 0 atom stereocenters. The molecule has 0 fully saturated rings. The zero-order valence-corrected chi connectivity index (χ0v) is 66.1. The Morgan fingerprint density at radius 1 is 0.218 bits per heavy atom. The predicted molar refractivity (Wildman–Crippen MR) is 506 cm³/mol. The summed E-state index contributed by atoms with van der Waals surface area (Å²) in [6, 6.07) is 156. The lowest BCUT2D eigenvalue weighted by Gasteiger charge is -2.46. The first-order valence-electron chi connectivity index (χ1n) is 41.6. The third kappa shape index (κ3) is 10.7. The molecule has 2 aliphatic rings. The number of aromatic nitrogens is 2. The van der Waals surface area contributed by atoms with Crippen LogP contribution in [0.4, 0.5) is 34.1 Å². The van der Waals surface area contributed by atoms with Gasteiger partial charge in [0.2, 0.25) is 0 Å². The lowest BCUT2D eigenvalue weighted by Crippen LogP contribution is -2.61. The predicted octanol–water partition coefficient (Wildman–Crippen LogP) is 28.9. The van der Waals surface area contributed by atoms with Gasteiger partial charge in [0.05, 0.1) is 33.4 Å². The molecule has 0 bridgehead atoms. The third-order valence-corrected chi connectivity index (χ3v) is 25.7. The van der Waals surface area contributed by atoms with Gasteiger partial charge in [-0.05, 0) is 211 Å². The van der Waals surface area contributed by atoms with E-state index in [2.05, 4.69) is 452 Å². The average molecular weight is 1510 g/mol. The van der Waals surface area contributed by atoms with Crippen molar-refractivity contribution in [3.63, 3.8) is 0 Å². The fraction of sp³-hybridized carbons (Fsp3) is 0.0351. The fourth-order valence-corrected chi connectivity index (χ4v) is 20.3. The van der Waals surface area contributed by atoms with Crippen molar-refractivity contribution in [1.29, 1.82) is 0 Å². The molecule has 556 valence electrons. The van der Waals surface area contributed by atoms with Gasteiger partial charge < -0.3 is 18.9 Å². The summed E-state index contributed by atoms with van der Waals surface area (Å²) in [6.45, 7) is 6.92. The summed E-state index contributed by atoms with van der Waals surface area (Å²) in [5.74, 6) is 0. The van der Waals surface area contributed by atoms with Gasteiger partial charge in [-0.15, -0.1) is 0 Å². The smallest absolute Gasteiger partial charge is 0.252 e. The van der Waals surface area contributed by atoms with E-state index in [9.17, 15) is 0 Å². The molecular formula is C114H77BN4. The van der Waals surface area contributed by atoms with E-state index in [4.69, 9.17) is 0 Å². The number of anilines is 6. The van der Waals surface area contributed by atoms with E-state index in [0.29, 0.717) is 0 Å². The Bertz CT molecular complexity index is 7480. The van der Waals surface area contributed by atoms with Crippen LogP contribution in [0.5, 0.6) is 0 Å². The van der Waals surface area contributed by atoms with E-state index in [-0.39, 0.29) is 6.71 Å². The quantitative estimate of drug-likeness (QED) is 0.0689. The maximum absolute atomic E-state index is 2.75. The van der Waals surface area contributed by atoms with Gasteiger partial charge in [-0.1, -0.05) is 348 Å². The van der Waals surface area contributed by atoms with Crippen LogP contribution in [-0.4, -0.2) is 15.8 Å². The first-order valence-corrected chi connectivity index (χ1v) is 41.6. The average Bonchev–Trinajstić information content (AvgIpc) is 1.42. The summed E-state index contributed by atoms with van der Waals surface area (Å²) in [4.78, 5) is 5.49. The summed E-state index contributed by atoms with van der Waals surface area (Å²) in [7, 11) is 0. The minimum atomic E-state index is -0.392. The molecule has 0 amide bonds. The number of rotatable bonds is 12. The molecule has 2 aliphatic heterocycles. The Kier molecular flexibility index (Phi) is 15.4. The summed E-state index contributed by atoms with van der Waals surface area (Å²) in [5.41, 5.74) is 36.2. The highest BCUT2D eigenvalue weighted by Gasteiger charge is 2.47. The molecule has 119 heavy (non-hydrogen) atoms. The Hall–Kier alpha value is -15.0. The van der Waals surface area contributed by atoms with Gasteiger partial charge in [0.25, 0.3) is 6.71 Å². The number of hydrogen-bond donors (Lipinski definition) is 0. The van der Waals surface area contributed by atoms with E-state index in [0.717, 1.165) is 123 Å². The Labute approximate surface area is 692 Å². The van der Waals surface area contributed by atoms with Crippen LogP contribution < -0.4 is 26.2 Å². The standard InChI is InChI=1S/C114H77BN4/c1-114(2,3)86-68-105-111-106(69-86)119(113-91(84-44-22-40-80(66-84)74-32-12-6-13-33-74)50-27-51-92(113)85-45-23-41-81(67-85)75-34-14-7-15-35-75)104-71-88(117-101-62-56-76-36-24-52-95-96-53-25-37-77-57-63-102(117)110(108(77)96)109(101)107(76)95)59-61-98(104)115(111)97-60-58-87(116-99-54-18-16-46-93(99)94-47-17-19-55-100(94)116)70-103(97)118(105)112-89(82-42-20-38-78(64-82)72-28-8-4-9-29-72)48-26-49-90(112)83-43-21-39-79(65-83)73-30-10-5-11-31-73/h4-71H,1-3H3. The van der Waals surface area contributed by atoms with Crippen LogP contribution >= 0.6 is 0 Å². The van der Waals surface area contributed by atoms with E-state index < -0.39 is 5.41 Å². The molecule has 2 aromatic heterocycles. The molecule has 0 saturated carbocycles.